The number of rotatable bonds is 7. The van der Waals surface area contributed by atoms with E-state index in [1.54, 1.807) is 49.5 Å². The lowest BCUT2D eigenvalue weighted by Gasteiger charge is -2.36. The molecule has 1 saturated heterocycles. The van der Waals surface area contributed by atoms with Crippen LogP contribution in [0.3, 0.4) is 0 Å². The Morgan fingerprint density at radius 1 is 0.943 bits per heavy atom. The second kappa shape index (κ2) is 10.2. The minimum Gasteiger partial charge on any atom is -0.497 e. The van der Waals surface area contributed by atoms with Crippen molar-refractivity contribution in [1.29, 1.82) is 0 Å². The Bertz CT molecular complexity index is 1210. The Balaban J connectivity index is 1.34. The van der Waals surface area contributed by atoms with Gasteiger partial charge in [-0.05, 0) is 42.5 Å². The molecule has 35 heavy (non-hydrogen) atoms. The number of carbonyl (C=O) groups excluding carboxylic acids is 2. The van der Waals surface area contributed by atoms with Gasteiger partial charge in [0.25, 0.3) is 11.8 Å². The number of amides is 2. The predicted octanol–water partition coefficient (Wildman–Crippen LogP) is 3.42. The van der Waals surface area contributed by atoms with Crippen molar-refractivity contribution in [2.45, 2.75) is 0 Å². The molecule has 1 aliphatic heterocycles. The van der Waals surface area contributed by atoms with Crippen molar-refractivity contribution in [3.8, 4) is 11.5 Å². The lowest BCUT2D eigenvalue weighted by Crippen LogP contribution is -2.48. The summed E-state index contributed by atoms with van der Waals surface area (Å²) in [5.74, 6) is -0.179. The van der Waals surface area contributed by atoms with Gasteiger partial charge in [0.15, 0.2) is 5.76 Å². The summed E-state index contributed by atoms with van der Waals surface area (Å²) in [5.41, 5.74) is 1.99. The molecule has 2 amide bonds. The number of nitrogens with zero attached hydrogens (tertiary/aromatic N) is 3. The molecular formula is C24H24N4O7. The summed E-state index contributed by atoms with van der Waals surface area (Å²) >= 11 is 0. The number of hydrogen-bond acceptors (Lipinski definition) is 8. The minimum absolute atomic E-state index is 0.0851. The number of carbonyl (C=O) groups is 2. The minimum atomic E-state index is -0.702. The summed E-state index contributed by atoms with van der Waals surface area (Å²) < 4.78 is 15.4. The standard InChI is InChI=1S/C24H24N4O7/c1-33-19-13-16(14-20(15-19)34-2)24(30)27-11-9-26(10-12-27)18-5-3-17(4-6-18)25-23(29)21-7-8-22(35-21)28(31)32/h3-8,13-15H,9-12H2,1-2H3,(H,25,29). The molecule has 11 heteroatoms. The van der Waals surface area contributed by atoms with E-state index in [1.165, 1.54) is 6.07 Å². The Morgan fingerprint density at radius 3 is 2.11 bits per heavy atom. The smallest absolute Gasteiger partial charge is 0.433 e. The number of nitrogens with one attached hydrogen (secondary N) is 1. The van der Waals surface area contributed by atoms with E-state index in [9.17, 15) is 19.7 Å². The van der Waals surface area contributed by atoms with Crippen LogP contribution >= 0.6 is 0 Å². The molecule has 0 aliphatic carbocycles. The van der Waals surface area contributed by atoms with Gasteiger partial charge < -0.3 is 29.0 Å². The molecule has 3 aromatic rings. The molecule has 1 fully saturated rings. The first-order valence-corrected chi connectivity index (χ1v) is 10.8. The van der Waals surface area contributed by atoms with Crippen LogP contribution in [0.2, 0.25) is 0 Å². The second-order valence-electron chi connectivity index (χ2n) is 7.78. The Labute approximate surface area is 201 Å². The summed E-state index contributed by atoms with van der Waals surface area (Å²) in [7, 11) is 3.09. The van der Waals surface area contributed by atoms with E-state index >= 15 is 0 Å². The normalized spacial score (nSPS) is 13.3. The Morgan fingerprint density at radius 2 is 1.57 bits per heavy atom. The molecule has 1 N–H and O–H groups in total. The average Bonchev–Trinajstić information content (AvgIpc) is 3.39. The lowest BCUT2D eigenvalue weighted by molar-refractivity contribution is -0.402. The number of hydrogen-bond donors (Lipinski definition) is 1. The Kier molecular flexibility index (Phi) is 6.86. The van der Waals surface area contributed by atoms with Crippen LogP contribution in [0.5, 0.6) is 11.5 Å². The zero-order valence-corrected chi connectivity index (χ0v) is 19.2. The average molecular weight is 480 g/mol. The fourth-order valence-corrected chi connectivity index (χ4v) is 3.78. The fraction of sp³-hybridized carbons (Fsp3) is 0.250. The van der Waals surface area contributed by atoms with Gasteiger partial charge in [0.2, 0.25) is 0 Å². The maximum absolute atomic E-state index is 13.0. The third kappa shape index (κ3) is 5.35. The van der Waals surface area contributed by atoms with E-state index in [4.69, 9.17) is 13.9 Å². The predicted molar refractivity (Wildman–Crippen MR) is 127 cm³/mol. The molecule has 2 aromatic carbocycles. The highest BCUT2D eigenvalue weighted by atomic mass is 16.6. The van der Waals surface area contributed by atoms with Gasteiger partial charge >= 0.3 is 5.88 Å². The van der Waals surface area contributed by atoms with Gasteiger partial charge in [0, 0.05) is 49.2 Å². The Hall–Kier alpha value is -4.54. The van der Waals surface area contributed by atoms with Crippen LogP contribution in [-0.4, -0.2) is 62.0 Å². The van der Waals surface area contributed by atoms with Crippen LogP contribution in [0.25, 0.3) is 0 Å². The van der Waals surface area contributed by atoms with Crippen molar-refractivity contribution < 1.29 is 28.4 Å². The van der Waals surface area contributed by atoms with Crippen molar-refractivity contribution in [3.05, 3.63) is 76.0 Å². The fourth-order valence-electron chi connectivity index (χ4n) is 3.78. The third-order valence-electron chi connectivity index (χ3n) is 5.65. The van der Waals surface area contributed by atoms with Crippen molar-refractivity contribution in [3.63, 3.8) is 0 Å². The van der Waals surface area contributed by atoms with Crippen LogP contribution in [0.15, 0.2) is 59.0 Å². The molecule has 1 aromatic heterocycles. The monoisotopic (exact) mass is 480 g/mol. The second-order valence-corrected chi connectivity index (χ2v) is 7.78. The van der Waals surface area contributed by atoms with Crippen molar-refractivity contribution in [2.75, 3.05) is 50.6 Å². The number of benzene rings is 2. The number of methoxy groups -OCH3 is 2. The number of furan rings is 1. The summed E-state index contributed by atoms with van der Waals surface area (Å²) in [6.07, 6.45) is 0. The van der Waals surface area contributed by atoms with Gasteiger partial charge in [0.1, 0.15) is 16.4 Å². The molecule has 0 saturated carbocycles. The van der Waals surface area contributed by atoms with E-state index < -0.39 is 16.7 Å². The summed E-state index contributed by atoms with van der Waals surface area (Å²) in [6, 6.07) is 14.7. The van der Waals surface area contributed by atoms with E-state index in [1.807, 2.05) is 12.1 Å². The van der Waals surface area contributed by atoms with Crippen LogP contribution in [0.4, 0.5) is 17.3 Å². The van der Waals surface area contributed by atoms with Crippen LogP contribution < -0.4 is 19.7 Å². The molecule has 0 bridgehead atoms. The molecule has 0 unspecified atom stereocenters. The maximum atomic E-state index is 13.0. The lowest BCUT2D eigenvalue weighted by atomic mass is 10.1. The largest absolute Gasteiger partial charge is 0.497 e. The number of anilines is 2. The molecule has 0 atom stereocenters. The van der Waals surface area contributed by atoms with Crippen LogP contribution in [0, 0.1) is 10.1 Å². The topological polar surface area (TPSA) is 127 Å². The summed E-state index contributed by atoms with van der Waals surface area (Å²) in [4.78, 5) is 39.2. The van der Waals surface area contributed by atoms with Gasteiger partial charge in [-0.1, -0.05) is 0 Å². The van der Waals surface area contributed by atoms with Gasteiger partial charge in [-0.25, -0.2) is 0 Å². The number of nitro groups is 1. The van der Waals surface area contributed by atoms with E-state index in [2.05, 4.69) is 10.2 Å². The third-order valence-corrected chi connectivity index (χ3v) is 5.65. The van der Waals surface area contributed by atoms with Gasteiger partial charge in [-0.15, -0.1) is 0 Å². The molecular weight excluding hydrogens is 456 g/mol. The number of piperazine rings is 1. The first kappa shape index (κ1) is 23.6. The quantitative estimate of drug-likeness (QED) is 0.403. The highest BCUT2D eigenvalue weighted by molar-refractivity contribution is 6.02. The van der Waals surface area contributed by atoms with E-state index in [0.717, 1.165) is 11.8 Å². The molecule has 1 aliphatic rings. The van der Waals surface area contributed by atoms with Crippen LogP contribution in [0.1, 0.15) is 20.9 Å². The molecule has 0 radical (unpaired) electrons. The van der Waals surface area contributed by atoms with Gasteiger partial charge in [-0.3, -0.25) is 19.7 Å². The van der Waals surface area contributed by atoms with Gasteiger partial charge in [0.05, 0.1) is 20.3 Å². The highest BCUT2D eigenvalue weighted by Gasteiger charge is 2.23. The summed E-state index contributed by atoms with van der Waals surface area (Å²) in [6.45, 7) is 2.39. The molecule has 2 heterocycles. The van der Waals surface area contributed by atoms with Crippen molar-refractivity contribution >= 4 is 29.1 Å². The highest BCUT2D eigenvalue weighted by Crippen LogP contribution is 2.25. The SMILES string of the molecule is COc1cc(OC)cc(C(=O)N2CCN(c3ccc(NC(=O)c4ccc([N+](=O)[O-])o4)cc3)CC2)c1. The van der Waals surface area contributed by atoms with Gasteiger partial charge in [-0.2, -0.15) is 0 Å². The zero-order valence-electron chi connectivity index (χ0n) is 19.2. The first-order valence-electron chi connectivity index (χ1n) is 10.8. The molecule has 0 spiro atoms. The van der Waals surface area contributed by atoms with Crippen molar-refractivity contribution in [1.82, 2.24) is 4.90 Å². The molecule has 182 valence electrons. The summed E-state index contributed by atoms with van der Waals surface area (Å²) in [5, 5.41) is 13.4. The van der Waals surface area contributed by atoms with Crippen LogP contribution in [-0.2, 0) is 0 Å². The number of ether oxygens (including phenoxy) is 2. The zero-order chi connectivity index (χ0) is 24.9. The van der Waals surface area contributed by atoms with E-state index in [-0.39, 0.29) is 11.7 Å². The first-order chi connectivity index (χ1) is 16.9. The van der Waals surface area contributed by atoms with Crippen molar-refractivity contribution in [2.24, 2.45) is 0 Å². The van der Waals surface area contributed by atoms with E-state index in [0.29, 0.717) is 48.9 Å². The molecule has 11 nitrogen and oxygen atoms in total. The maximum Gasteiger partial charge on any atom is 0.433 e. The molecule has 4 rings (SSSR count).